The molecule has 1 aromatic carbocycles. The zero-order chi connectivity index (χ0) is 17.5. The molecule has 0 aliphatic heterocycles. The highest BCUT2D eigenvalue weighted by atomic mass is 16.5. The lowest BCUT2D eigenvalue weighted by Crippen LogP contribution is -2.48. The van der Waals surface area contributed by atoms with Gasteiger partial charge in [-0.15, -0.1) is 0 Å². The van der Waals surface area contributed by atoms with E-state index in [0.29, 0.717) is 24.2 Å². The highest BCUT2D eigenvalue weighted by molar-refractivity contribution is 5.87. The third-order valence-electron chi connectivity index (χ3n) is 3.41. The predicted octanol–water partition coefficient (Wildman–Crippen LogP) is 2.27. The minimum Gasteiger partial charge on any atom is -0.492 e. The number of carbonyl (C=O) groups excluding carboxylic acids is 2. The zero-order valence-corrected chi connectivity index (χ0v) is 13.7. The third-order valence-corrected chi connectivity index (χ3v) is 3.41. The maximum atomic E-state index is 12.3. The van der Waals surface area contributed by atoms with Gasteiger partial charge in [0.25, 0.3) is 0 Å². The van der Waals surface area contributed by atoms with Crippen molar-refractivity contribution in [3.63, 3.8) is 0 Å². The topological polar surface area (TPSA) is 92.7 Å². The van der Waals surface area contributed by atoms with E-state index in [1.165, 1.54) is 0 Å². The van der Waals surface area contributed by atoms with Gasteiger partial charge in [0.2, 0.25) is 5.91 Å². The maximum Gasteiger partial charge on any atom is 0.326 e. The Kier molecular flexibility index (Phi) is 6.75. The van der Waals surface area contributed by atoms with Crippen LogP contribution in [0.2, 0.25) is 0 Å². The van der Waals surface area contributed by atoms with E-state index in [2.05, 4.69) is 5.32 Å². The van der Waals surface area contributed by atoms with Gasteiger partial charge in [0, 0.05) is 5.56 Å². The van der Waals surface area contributed by atoms with Crippen molar-refractivity contribution in [1.82, 2.24) is 5.32 Å². The number of carboxylic acid groups (broad SMARTS) is 1. The molecular weight excluding hydrogens is 298 g/mol. The zero-order valence-electron chi connectivity index (χ0n) is 13.7. The second-order valence-electron chi connectivity index (χ2n) is 6.01. The molecule has 0 heterocycles. The van der Waals surface area contributed by atoms with Crippen LogP contribution in [0.5, 0.6) is 5.75 Å². The van der Waals surface area contributed by atoms with E-state index in [-0.39, 0.29) is 12.5 Å². The Morgan fingerprint density at radius 2 is 1.91 bits per heavy atom. The van der Waals surface area contributed by atoms with Crippen molar-refractivity contribution in [3.8, 4) is 5.75 Å². The molecule has 0 aromatic heterocycles. The van der Waals surface area contributed by atoms with Crippen LogP contribution >= 0.6 is 0 Å². The Hall–Kier alpha value is -2.37. The summed E-state index contributed by atoms with van der Waals surface area (Å²) < 4.78 is 5.57. The van der Waals surface area contributed by atoms with Crippen molar-refractivity contribution in [2.24, 2.45) is 5.41 Å². The first-order chi connectivity index (χ1) is 10.8. The normalized spacial score (nSPS) is 12.3. The Morgan fingerprint density at radius 1 is 1.30 bits per heavy atom. The number of carbonyl (C=O) groups is 3. The van der Waals surface area contributed by atoms with E-state index >= 15 is 0 Å². The van der Waals surface area contributed by atoms with E-state index < -0.39 is 17.4 Å². The minimum atomic E-state index is -1.04. The fraction of sp³-hybridized carbons (Fsp3) is 0.471. The fourth-order valence-electron chi connectivity index (χ4n) is 1.87. The first-order valence-electron chi connectivity index (χ1n) is 7.52. The molecule has 2 N–H and O–H groups in total. The molecule has 1 amide bonds. The van der Waals surface area contributed by atoms with Crippen LogP contribution < -0.4 is 10.1 Å². The molecule has 126 valence electrons. The van der Waals surface area contributed by atoms with Crippen LogP contribution in [0.3, 0.4) is 0 Å². The lowest BCUT2D eigenvalue weighted by molar-refractivity contribution is -0.144. The molecular formula is C17H23NO5. The van der Waals surface area contributed by atoms with Crippen molar-refractivity contribution in [2.75, 3.05) is 6.61 Å². The smallest absolute Gasteiger partial charge is 0.326 e. The Labute approximate surface area is 135 Å². The van der Waals surface area contributed by atoms with Crippen LogP contribution in [0.4, 0.5) is 0 Å². The maximum absolute atomic E-state index is 12.3. The van der Waals surface area contributed by atoms with Gasteiger partial charge in [-0.3, -0.25) is 9.59 Å². The average Bonchev–Trinajstić information content (AvgIpc) is 2.52. The van der Waals surface area contributed by atoms with Gasteiger partial charge in [-0.2, -0.15) is 0 Å². The SMILES string of the molecule is CCCC(NC(=O)C(C)(C)COc1ccc(C=O)cc1)C(=O)O. The Bertz CT molecular complexity index is 551. The number of aldehydes is 1. The van der Waals surface area contributed by atoms with Crippen LogP contribution in [0.25, 0.3) is 0 Å². The summed E-state index contributed by atoms with van der Waals surface area (Å²) in [5.74, 6) is -0.871. The molecule has 1 rings (SSSR count). The molecule has 0 aliphatic carbocycles. The quantitative estimate of drug-likeness (QED) is 0.681. The first-order valence-corrected chi connectivity index (χ1v) is 7.52. The molecule has 1 aromatic rings. The second kappa shape index (κ2) is 8.31. The van der Waals surface area contributed by atoms with E-state index in [1.54, 1.807) is 38.1 Å². The molecule has 23 heavy (non-hydrogen) atoms. The summed E-state index contributed by atoms with van der Waals surface area (Å²) in [6, 6.07) is 5.65. The standard InChI is InChI=1S/C17H23NO5/c1-4-5-14(15(20)21)18-16(22)17(2,3)11-23-13-8-6-12(10-19)7-9-13/h6-10,14H,4-5,11H2,1-3H3,(H,18,22)(H,20,21). The van der Waals surface area contributed by atoms with Gasteiger partial charge in [0.15, 0.2) is 0 Å². The van der Waals surface area contributed by atoms with Crippen molar-refractivity contribution in [1.29, 1.82) is 0 Å². The third kappa shape index (κ3) is 5.73. The van der Waals surface area contributed by atoms with Gasteiger partial charge in [-0.25, -0.2) is 4.79 Å². The number of rotatable bonds is 9. The number of benzene rings is 1. The van der Waals surface area contributed by atoms with Crippen LogP contribution in [0.1, 0.15) is 44.0 Å². The number of hydrogen-bond donors (Lipinski definition) is 2. The van der Waals surface area contributed by atoms with Gasteiger partial charge in [-0.05, 0) is 44.5 Å². The molecule has 1 unspecified atom stereocenters. The summed E-state index contributed by atoms with van der Waals surface area (Å²) >= 11 is 0. The predicted molar refractivity (Wildman–Crippen MR) is 85.6 cm³/mol. The van der Waals surface area contributed by atoms with Crippen LogP contribution in [-0.4, -0.2) is 35.9 Å². The van der Waals surface area contributed by atoms with E-state index in [9.17, 15) is 14.4 Å². The Morgan fingerprint density at radius 3 is 2.39 bits per heavy atom. The van der Waals surface area contributed by atoms with Gasteiger partial charge in [0.05, 0.1) is 5.41 Å². The number of aliphatic carboxylic acids is 1. The number of nitrogens with one attached hydrogen (secondary N) is 1. The molecule has 6 heteroatoms. The van der Waals surface area contributed by atoms with Crippen molar-refractivity contribution < 1.29 is 24.2 Å². The molecule has 0 bridgehead atoms. The van der Waals surface area contributed by atoms with Gasteiger partial charge < -0.3 is 15.2 Å². The van der Waals surface area contributed by atoms with Crippen molar-refractivity contribution >= 4 is 18.2 Å². The number of amides is 1. The van der Waals surface area contributed by atoms with Crippen LogP contribution in [0.15, 0.2) is 24.3 Å². The lowest BCUT2D eigenvalue weighted by Gasteiger charge is -2.26. The van der Waals surface area contributed by atoms with E-state index in [0.717, 1.165) is 6.29 Å². The highest BCUT2D eigenvalue weighted by Gasteiger charge is 2.32. The molecule has 0 radical (unpaired) electrons. The van der Waals surface area contributed by atoms with Gasteiger partial charge >= 0.3 is 5.97 Å². The molecule has 1 atom stereocenters. The van der Waals surface area contributed by atoms with Crippen molar-refractivity contribution in [2.45, 2.75) is 39.7 Å². The summed E-state index contributed by atoms with van der Waals surface area (Å²) in [4.78, 5) is 34.0. The first kappa shape index (κ1) is 18.7. The number of hydrogen-bond acceptors (Lipinski definition) is 4. The minimum absolute atomic E-state index is 0.0950. The molecule has 0 saturated heterocycles. The summed E-state index contributed by atoms with van der Waals surface area (Å²) in [5.41, 5.74) is -0.344. The fourth-order valence-corrected chi connectivity index (χ4v) is 1.87. The van der Waals surface area contributed by atoms with Crippen LogP contribution in [0, 0.1) is 5.41 Å². The number of carboxylic acids is 1. The van der Waals surface area contributed by atoms with Crippen molar-refractivity contribution in [3.05, 3.63) is 29.8 Å². The largest absolute Gasteiger partial charge is 0.492 e. The van der Waals surface area contributed by atoms with Gasteiger partial charge in [0.1, 0.15) is 24.7 Å². The molecule has 0 spiro atoms. The number of ether oxygens (including phenoxy) is 1. The average molecular weight is 321 g/mol. The summed E-state index contributed by atoms with van der Waals surface area (Å²) in [7, 11) is 0. The Balaban J connectivity index is 2.63. The monoisotopic (exact) mass is 321 g/mol. The van der Waals surface area contributed by atoms with Crippen LogP contribution in [-0.2, 0) is 9.59 Å². The second-order valence-corrected chi connectivity index (χ2v) is 6.01. The molecule has 0 saturated carbocycles. The summed E-state index contributed by atoms with van der Waals surface area (Å²) in [5, 5.41) is 11.6. The molecule has 6 nitrogen and oxygen atoms in total. The molecule has 0 aliphatic rings. The molecule has 0 fully saturated rings. The van der Waals surface area contributed by atoms with E-state index in [4.69, 9.17) is 9.84 Å². The van der Waals surface area contributed by atoms with Gasteiger partial charge in [-0.1, -0.05) is 13.3 Å². The van der Waals surface area contributed by atoms with E-state index in [1.807, 2.05) is 6.92 Å². The highest BCUT2D eigenvalue weighted by Crippen LogP contribution is 2.20. The summed E-state index contributed by atoms with van der Waals surface area (Å²) in [6.45, 7) is 5.33. The summed E-state index contributed by atoms with van der Waals surface area (Å²) in [6.07, 6.45) is 1.78. The lowest BCUT2D eigenvalue weighted by atomic mass is 9.93.